The molecule has 2 atom stereocenters. The summed E-state index contributed by atoms with van der Waals surface area (Å²) in [4.78, 5) is 33.2. The van der Waals surface area contributed by atoms with Gasteiger partial charge in [0.25, 0.3) is 0 Å². The van der Waals surface area contributed by atoms with E-state index in [4.69, 9.17) is 10.2 Å². The van der Waals surface area contributed by atoms with Gasteiger partial charge in [-0.2, -0.15) is 0 Å². The third kappa shape index (κ3) is 1.55. The maximum atomic E-state index is 11.3. The van der Waals surface area contributed by atoms with E-state index in [2.05, 4.69) is 0 Å². The summed E-state index contributed by atoms with van der Waals surface area (Å²) in [6, 6.07) is -0.499. The molecule has 0 aromatic carbocycles. The van der Waals surface area contributed by atoms with Crippen molar-refractivity contribution in [1.29, 1.82) is 0 Å². The first-order valence-corrected chi connectivity index (χ1v) is 4.27. The molecule has 0 spiro atoms. The van der Waals surface area contributed by atoms with Crippen molar-refractivity contribution in [1.82, 2.24) is 4.90 Å². The second kappa shape index (κ2) is 3.65. The van der Waals surface area contributed by atoms with E-state index in [1.807, 2.05) is 0 Å². The highest BCUT2D eigenvalue weighted by Crippen LogP contribution is 2.26. The number of nitrogens with zero attached hydrogens (tertiary/aromatic N) is 1. The average Bonchev–Trinajstić information content (AvgIpc) is 2.42. The van der Waals surface area contributed by atoms with E-state index in [0.29, 0.717) is 11.3 Å². The lowest BCUT2D eigenvalue weighted by Crippen LogP contribution is -2.38. The molecule has 6 heteroatoms. The second-order valence-electron chi connectivity index (χ2n) is 3.18. The molecule has 0 bridgehead atoms. The van der Waals surface area contributed by atoms with E-state index < -0.39 is 29.9 Å². The van der Waals surface area contributed by atoms with Gasteiger partial charge in [-0.25, -0.2) is 9.69 Å². The Labute approximate surface area is 80.1 Å². The Hall–Kier alpha value is -1.59. The van der Waals surface area contributed by atoms with Gasteiger partial charge in [0.1, 0.15) is 5.92 Å². The summed E-state index contributed by atoms with van der Waals surface area (Å²) in [7, 11) is 0. The first kappa shape index (κ1) is 10.5. The van der Waals surface area contributed by atoms with Gasteiger partial charge in [0.2, 0.25) is 5.91 Å². The Morgan fingerprint density at radius 2 is 2.07 bits per heavy atom. The number of hydrogen-bond donors (Lipinski definition) is 2. The van der Waals surface area contributed by atoms with Crippen molar-refractivity contribution in [2.75, 3.05) is 0 Å². The third-order valence-electron chi connectivity index (χ3n) is 2.38. The monoisotopic (exact) mass is 201 g/mol. The number of carbonyl (C=O) groups is 3. The van der Waals surface area contributed by atoms with Crippen molar-refractivity contribution in [3.63, 3.8) is 0 Å². The van der Waals surface area contributed by atoms with Crippen LogP contribution in [-0.2, 0) is 9.59 Å². The van der Waals surface area contributed by atoms with E-state index in [9.17, 15) is 14.4 Å². The highest BCUT2D eigenvalue weighted by Gasteiger charge is 2.45. The van der Waals surface area contributed by atoms with Crippen LogP contribution in [0.2, 0.25) is 0 Å². The largest absolute Gasteiger partial charge is 0.481 e. The fourth-order valence-corrected chi connectivity index (χ4v) is 1.63. The lowest BCUT2D eigenvalue weighted by Gasteiger charge is -2.17. The topological polar surface area (TPSA) is 94.9 Å². The van der Waals surface area contributed by atoms with Gasteiger partial charge in [-0.1, -0.05) is 6.92 Å². The second-order valence-corrected chi connectivity index (χ2v) is 3.18. The van der Waals surface area contributed by atoms with Crippen LogP contribution in [-0.4, -0.2) is 39.1 Å². The summed E-state index contributed by atoms with van der Waals surface area (Å²) in [6.45, 7) is 1.72. The van der Waals surface area contributed by atoms with E-state index in [1.165, 1.54) is 0 Å². The summed E-state index contributed by atoms with van der Waals surface area (Å²) >= 11 is 0. The summed E-state index contributed by atoms with van der Waals surface area (Å²) in [5.74, 6) is -3.27. The molecule has 14 heavy (non-hydrogen) atoms. The first-order chi connectivity index (χ1) is 6.49. The van der Waals surface area contributed by atoms with Gasteiger partial charge < -0.3 is 10.2 Å². The molecule has 78 valence electrons. The van der Waals surface area contributed by atoms with E-state index in [1.54, 1.807) is 6.92 Å². The number of carboxylic acid groups (broad SMARTS) is 2. The van der Waals surface area contributed by atoms with E-state index in [0.717, 1.165) is 0 Å². The molecule has 0 aromatic heterocycles. The number of carboxylic acids is 1. The number of imide groups is 1. The molecular formula is C8H11NO5. The van der Waals surface area contributed by atoms with E-state index >= 15 is 0 Å². The fourth-order valence-electron chi connectivity index (χ4n) is 1.63. The zero-order chi connectivity index (χ0) is 10.9. The van der Waals surface area contributed by atoms with Crippen molar-refractivity contribution in [2.24, 2.45) is 5.92 Å². The smallest absolute Gasteiger partial charge is 0.414 e. The van der Waals surface area contributed by atoms with Crippen LogP contribution in [0.25, 0.3) is 0 Å². The summed E-state index contributed by atoms with van der Waals surface area (Å²) in [6.07, 6.45) is -0.843. The molecule has 0 aromatic rings. The molecule has 0 aliphatic carbocycles. The normalized spacial score (nSPS) is 26.6. The zero-order valence-corrected chi connectivity index (χ0v) is 7.64. The maximum absolute atomic E-state index is 11.3. The number of amides is 2. The Balaban J connectivity index is 2.90. The van der Waals surface area contributed by atoms with Crippen LogP contribution in [0.5, 0.6) is 0 Å². The first-order valence-electron chi connectivity index (χ1n) is 4.27. The van der Waals surface area contributed by atoms with Gasteiger partial charge in [-0.3, -0.25) is 9.59 Å². The highest BCUT2D eigenvalue weighted by atomic mass is 16.4. The van der Waals surface area contributed by atoms with Crippen LogP contribution < -0.4 is 0 Å². The predicted molar refractivity (Wildman–Crippen MR) is 44.7 cm³/mol. The third-order valence-corrected chi connectivity index (χ3v) is 2.38. The number of rotatable bonds is 2. The number of carbonyl (C=O) groups excluding carboxylic acids is 1. The van der Waals surface area contributed by atoms with Gasteiger partial charge >= 0.3 is 12.1 Å². The van der Waals surface area contributed by atoms with Gasteiger partial charge in [-0.05, 0) is 12.8 Å². The molecule has 1 aliphatic heterocycles. The van der Waals surface area contributed by atoms with Crippen LogP contribution in [0.1, 0.15) is 19.8 Å². The fraction of sp³-hybridized carbons (Fsp3) is 0.625. The molecule has 2 amide bonds. The lowest BCUT2D eigenvalue weighted by molar-refractivity contribution is -0.146. The van der Waals surface area contributed by atoms with Gasteiger partial charge in [-0.15, -0.1) is 0 Å². The Morgan fingerprint density at radius 3 is 2.36 bits per heavy atom. The minimum Gasteiger partial charge on any atom is -0.481 e. The summed E-state index contributed by atoms with van der Waals surface area (Å²) in [5, 5.41) is 17.4. The average molecular weight is 201 g/mol. The Bertz CT molecular complexity index is 287. The molecule has 1 saturated heterocycles. The van der Waals surface area contributed by atoms with Crippen molar-refractivity contribution in [3.05, 3.63) is 0 Å². The number of hydrogen-bond acceptors (Lipinski definition) is 3. The molecule has 0 radical (unpaired) electrons. The van der Waals surface area contributed by atoms with Crippen LogP contribution in [0, 0.1) is 5.92 Å². The van der Waals surface area contributed by atoms with Crippen LogP contribution in [0.3, 0.4) is 0 Å². The molecule has 1 aliphatic rings. The molecule has 1 heterocycles. The molecule has 2 N–H and O–H groups in total. The quantitative estimate of drug-likeness (QED) is 0.629. The minimum absolute atomic E-state index is 0.0803. The Morgan fingerprint density at radius 1 is 1.50 bits per heavy atom. The molecule has 1 fully saturated rings. The van der Waals surface area contributed by atoms with Crippen LogP contribution >= 0.6 is 0 Å². The van der Waals surface area contributed by atoms with Gasteiger partial charge in [0.15, 0.2) is 0 Å². The van der Waals surface area contributed by atoms with Crippen molar-refractivity contribution < 1.29 is 24.6 Å². The molecule has 2 unspecified atom stereocenters. The molecule has 1 rings (SSSR count). The maximum Gasteiger partial charge on any atom is 0.414 e. The van der Waals surface area contributed by atoms with E-state index in [-0.39, 0.29) is 6.42 Å². The minimum atomic E-state index is -1.37. The standard InChI is InChI=1S/C8H11NO5/c1-2-4-3-5(7(11)12)6(10)9(4)8(13)14/h4-5H,2-3H2,1H3,(H,11,12)(H,13,14). The lowest BCUT2D eigenvalue weighted by atomic mass is 10.0. The molecule has 6 nitrogen and oxygen atoms in total. The summed E-state index contributed by atoms with van der Waals surface area (Å²) in [5.41, 5.74) is 0. The summed E-state index contributed by atoms with van der Waals surface area (Å²) < 4.78 is 0. The van der Waals surface area contributed by atoms with Crippen LogP contribution in [0.15, 0.2) is 0 Å². The molecule has 0 saturated carbocycles. The Kier molecular flexibility index (Phi) is 2.73. The van der Waals surface area contributed by atoms with Crippen molar-refractivity contribution in [3.8, 4) is 0 Å². The highest BCUT2D eigenvalue weighted by molar-refractivity contribution is 6.04. The number of likely N-dealkylation sites (tertiary alicyclic amines) is 1. The van der Waals surface area contributed by atoms with Crippen molar-refractivity contribution >= 4 is 18.0 Å². The zero-order valence-electron chi connectivity index (χ0n) is 7.64. The number of aliphatic carboxylic acids is 1. The predicted octanol–water partition coefficient (Wildman–Crippen LogP) is 0.376. The van der Waals surface area contributed by atoms with Crippen molar-refractivity contribution in [2.45, 2.75) is 25.8 Å². The SMILES string of the molecule is CCC1CC(C(=O)O)C(=O)N1C(=O)O. The molecular weight excluding hydrogens is 190 g/mol. The van der Waals surface area contributed by atoms with Gasteiger partial charge in [0.05, 0.1) is 0 Å². The van der Waals surface area contributed by atoms with Gasteiger partial charge in [0, 0.05) is 6.04 Å². The van der Waals surface area contributed by atoms with Crippen LogP contribution in [0.4, 0.5) is 4.79 Å².